The number of carbonyl (C=O) groups is 2. The van der Waals surface area contributed by atoms with Gasteiger partial charge in [-0.3, -0.25) is 9.59 Å². The Kier molecular flexibility index (Phi) is 6.76. The van der Waals surface area contributed by atoms with Crippen molar-refractivity contribution in [1.82, 2.24) is 10.2 Å². The van der Waals surface area contributed by atoms with E-state index in [9.17, 15) is 9.59 Å². The number of carbonyl (C=O) groups excluding carboxylic acids is 2. The van der Waals surface area contributed by atoms with Crippen molar-refractivity contribution >= 4 is 11.8 Å². The zero-order valence-corrected chi connectivity index (χ0v) is 11.7. The third-order valence-electron chi connectivity index (χ3n) is 3.41. The fourth-order valence-corrected chi connectivity index (χ4v) is 2.49. The Balaban J connectivity index is 2.44. The quantitative estimate of drug-likeness (QED) is 0.764. The van der Waals surface area contributed by atoms with E-state index in [1.165, 1.54) is 6.42 Å². The molecule has 18 heavy (non-hydrogen) atoms. The summed E-state index contributed by atoms with van der Waals surface area (Å²) in [5.74, 6) is -0.770. The summed E-state index contributed by atoms with van der Waals surface area (Å²) in [6.45, 7) is 5.39. The van der Waals surface area contributed by atoms with Crippen molar-refractivity contribution in [2.24, 2.45) is 0 Å². The first kappa shape index (κ1) is 15.0. The van der Waals surface area contributed by atoms with Gasteiger partial charge in [-0.05, 0) is 25.7 Å². The smallest absolute Gasteiger partial charge is 0.311 e. The maximum absolute atomic E-state index is 12.0. The molecule has 0 spiro atoms. The normalized spacial score (nSPS) is 16.3. The summed E-state index contributed by atoms with van der Waals surface area (Å²) < 4.78 is 0. The van der Waals surface area contributed by atoms with Crippen molar-refractivity contribution in [1.29, 1.82) is 0 Å². The topological polar surface area (TPSA) is 49.4 Å². The summed E-state index contributed by atoms with van der Waals surface area (Å²) in [4.78, 5) is 25.6. The molecule has 0 aromatic heterocycles. The number of amides is 2. The van der Waals surface area contributed by atoms with Gasteiger partial charge >= 0.3 is 11.8 Å². The molecule has 0 bridgehead atoms. The lowest BCUT2D eigenvalue weighted by Crippen LogP contribution is -2.47. The first-order valence-corrected chi connectivity index (χ1v) is 7.28. The minimum atomic E-state index is -0.413. The molecule has 1 fully saturated rings. The minimum Gasteiger partial charge on any atom is -0.345 e. The van der Waals surface area contributed by atoms with Crippen molar-refractivity contribution in [3.05, 3.63) is 0 Å². The maximum atomic E-state index is 12.0. The van der Waals surface area contributed by atoms with Gasteiger partial charge in [-0.25, -0.2) is 0 Å². The predicted octanol–water partition coefficient (Wildman–Crippen LogP) is 2.08. The molecule has 4 heteroatoms. The summed E-state index contributed by atoms with van der Waals surface area (Å²) in [6.07, 6.45) is 7.38. The minimum absolute atomic E-state index is 0.209. The molecule has 1 saturated carbocycles. The fourth-order valence-electron chi connectivity index (χ4n) is 2.49. The zero-order chi connectivity index (χ0) is 13.4. The molecule has 1 N–H and O–H groups in total. The average molecular weight is 254 g/mol. The highest BCUT2D eigenvalue weighted by Gasteiger charge is 2.24. The Morgan fingerprint density at radius 3 is 2.11 bits per heavy atom. The highest BCUT2D eigenvalue weighted by Crippen LogP contribution is 2.17. The van der Waals surface area contributed by atoms with Gasteiger partial charge < -0.3 is 10.2 Å². The predicted molar refractivity (Wildman–Crippen MR) is 72.2 cm³/mol. The summed E-state index contributed by atoms with van der Waals surface area (Å²) in [7, 11) is 0. The zero-order valence-electron chi connectivity index (χ0n) is 11.7. The number of nitrogens with one attached hydrogen (secondary N) is 1. The molecular formula is C14H26N2O2. The lowest BCUT2D eigenvalue weighted by atomic mass is 9.95. The van der Waals surface area contributed by atoms with Crippen LogP contribution in [0.1, 0.15) is 58.8 Å². The van der Waals surface area contributed by atoms with Crippen LogP contribution in [0.2, 0.25) is 0 Å². The molecular weight excluding hydrogens is 228 g/mol. The second kappa shape index (κ2) is 8.11. The van der Waals surface area contributed by atoms with Crippen LogP contribution in [0, 0.1) is 0 Å². The number of rotatable bonds is 5. The Morgan fingerprint density at radius 1 is 1.06 bits per heavy atom. The van der Waals surface area contributed by atoms with Crippen molar-refractivity contribution in [2.45, 2.75) is 64.8 Å². The van der Waals surface area contributed by atoms with E-state index in [0.717, 1.165) is 38.5 Å². The Bertz CT molecular complexity index is 267. The molecule has 0 aliphatic heterocycles. The summed E-state index contributed by atoms with van der Waals surface area (Å²) in [6, 6.07) is 0.209. The van der Waals surface area contributed by atoms with Crippen molar-refractivity contribution in [2.75, 3.05) is 13.1 Å². The van der Waals surface area contributed by atoms with Gasteiger partial charge in [0.2, 0.25) is 0 Å². The molecule has 1 aliphatic carbocycles. The Labute approximate surface area is 110 Å². The number of nitrogens with zero attached hydrogens (tertiary/aromatic N) is 1. The third kappa shape index (κ3) is 4.67. The number of hydrogen-bond donors (Lipinski definition) is 1. The molecule has 1 rings (SSSR count). The SMILES string of the molecule is CCCN(CCC)C(=O)C(=O)NC1CCCCC1. The first-order valence-electron chi connectivity index (χ1n) is 7.28. The highest BCUT2D eigenvalue weighted by molar-refractivity contribution is 6.35. The lowest BCUT2D eigenvalue weighted by molar-refractivity contribution is -0.146. The van der Waals surface area contributed by atoms with E-state index >= 15 is 0 Å². The van der Waals surface area contributed by atoms with Crippen LogP contribution in [0.3, 0.4) is 0 Å². The fraction of sp³-hybridized carbons (Fsp3) is 0.857. The Morgan fingerprint density at radius 2 is 1.61 bits per heavy atom. The molecule has 0 radical (unpaired) electrons. The second-order valence-corrected chi connectivity index (χ2v) is 5.10. The van der Waals surface area contributed by atoms with Crippen LogP contribution in [-0.2, 0) is 9.59 Å². The van der Waals surface area contributed by atoms with E-state index in [1.807, 2.05) is 13.8 Å². The van der Waals surface area contributed by atoms with Gasteiger partial charge in [0.15, 0.2) is 0 Å². The van der Waals surface area contributed by atoms with Gasteiger partial charge in [-0.1, -0.05) is 33.1 Å². The monoisotopic (exact) mass is 254 g/mol. The van der Waals surface area contributed by atoms with E-state index in [1.54, 1.807) is 4.90 Å². The highest BCUT2D eigenvalue weighted by atomic mass is 16.2. The standard InChI is InChI=1S/C14H26N2O2/c1-3-10-16(11-4-2)14(18)13(17)15-12-8-6-5-7-9-12/h12H,3-11H2,1-2H3,(H,15,17). The van der Waals surface area contributed by atoms with Crippen LogP contribution >= 0.6 is 0 Å². The summed E-state index contributed by atoms with van der Waals surface area (Å²) in [5.41, 5.74) is 0. The van der Waals surface area contributed by atoms with Crippen LogP contribution in [-0.4, -0.2) is 35.8 Å². The van der Waals surface area contributed by atoms with E-state index in [-0.39, 0.29) is 11.9 Å². The largest absolute Gasteiger partial charge is 0.345 e. The van der Waals surface area contributed by atoms with Crippen molar-refractivity contribution in [3.8, 4) is 0 Å². The molecule has 104 valence electrons. The lowest BCUT2D eigenvalue weighted by Gasteiger charge is -2.25. The Hall–Kier alpha value is -1.06. The van der Waals surface area contributed by atoms with E-state index in [0.29, 0.717) is 13.1 Å². The molecule has 0 unspecified atom stereocenters. The molecule has 0 aromatic rings. The third-order valence-corrected chi connectivity index (χ3v) is 3.41. The van der Waals surface area contributed by atoms with Gasteiger partial charge in [0.05, 0.1) is 0 Å². The summed E-state index contributed by atoms with van der Waals surface area (Å²) in [5, 5.41) is 2.89. The van der Waals surface area contributed by atoms with Crippen LogP contribution in [0.4, 0.5) is 0 Å². The van der Waals surface area contributed by atoms with Gasteiger partial charge in [-0.2, -0.15) is 0 Å². The second-order valence-electron chi connectivity index (χ2n) is 5.10. The van der Waals surface area contributed by atoms with Crippen molar-refractivity contribution in [3.63, 3.8) is 0 Å². The first-order chi connectivity index (χ1) is 8.69. The molecule has 1 aliphatic rings. The maximum Gasteiger partial charge on any atom is 0.311 e. The molecule has 0 saturated heterocycles. The van der Waals surface area contributed by atoms with Gasteiger partial charge in [-0.15, -0.1) is 0 Å². The van der Waals surface area contributed by atoms with E-state index in [2.05, 4.69) is 5.32 Å². The molecule has 4 nitrogen and oxygen atoms in total. The molecule has 2 amide bonds. The van der Waals surface area contributed by atoms with Crippen LogP contribution in [0.5, 0.6) is 0 Å². The van der Waals surface area contributed by atoms with E-state index < -0.39 is 5.91 Å². The number of hydrogen-bond acceptors (Lipinski definition) is 2. The van der Waals surface area contributed by atoms with Gasteiger partial charge in [0.1, 0.15) is 0 Å². The van der Waals surface area contributed by atoms with E-state index in [4.69, 9.17) is 0 Å². The van der Waals surface area contributed by atoms with Crippen LogP contribution < -0.4 is 5.32 Å². The van der Waals surface area contributed by atoms with Gasteiger partial charge in [0, 0.05) is 19.1 Å². The van der Waals surface area contributed by atoms with Crippen LogP contribution in [0.15, 0.2) is 0 Å². The molecule has 0 heterocycles. The molecule has 0 aromatic carbocycles. The summed E-state index contributed by atoms with van der Waals surface area (Å²) >= 11 is 0. The average Bonchev–Trinajstić information content (AvgIpc) is 2.39. The molecule has 0 atom stereocenters. The van der Waals surface area contributed by atoms with Crippen molar-refractivity contribution < 1.29 is 9.59 Å². The van der Waals surface area contributed by atoms with Crippen LogP contribution in [0.25, 0.3) is 0 Å². The van der Waals surface area contributed by atoms with Gasteiger partial charge in [0.25, 0.3) is 0 Å².